The lowest BCUT2D eigenvalue weighted by Gasteiger charge is -2.18. The maximum Gasteiger partial charge on any atom is 0.322 e. The van der Waals surface area contributed by atoms with Crippen LogP contribution in [0, 0.1) is 0 Å². The van der Waals surface area contributed by atoms with Crippen LogP contribution in [0.25, 0.3) is 0 Å². The quantitative estimate of drug-likeness (QED) is 0.151. The van der Waals surface area contributed by atoms with Gasteiger partial charge in [-0.05, 0) is 12.8 Å². The van der Waals surface area contributed by atoms with E-state index in [9.17, 15) is 19.2 Å². The molecule has 0 radical (unpaired) electrons. The molecule has 144 valence electrons. The Hall–Kier alpha value is -1.50. The number of aliphatic hydroxyl groups excluding tert-OH is 1. The number of carbonyl (C=O) groups excluding carboxylic acids is 2. The van der Waals surface area contributed by atoms with Crippen molar-refractivity contribution >= 4 is 45.3 Å². The van der Waals surface area contributed by atoms with Crippen molar-refractivity contribution in [1.82, 2.24) is 10.6 Å². The monoisotopic (exact) mass is 397 g/mol. The number of aliphatic hydroxyl groups is 1. The summed E-state index contributed by atoms with van der Waals surface area (Å²) in [6.45, 7) is -0.520. The molecule has 7 N–H and O–H groups in total. The Balaban J connectivity index is 4.48. The number of hydrogen-bond acceptors (Lipinski definition) is 8. The summed E-state index contributed by atoms with van der Waals surface area (Å²) in [7, 11) is 2.71. The lowest BCUT2D eigenvalue weighted by Crippen LogP contribution is -2.49. The van der Waals surface area contributed by atoms with Crippen molar-refractivity contribution in [3.8, 4) is 0 Å². The van der Waals surface area contributed by atoms with E-state index in [-0.39, 0.29) is 25.2 Å². The third kappa shape index (κ3) is 12.5. The first-order valence-corrected chi connectivity index (χ1v) is 9.89. The summed E-state index contributed by atoms with van der Waals surface area (Å²) in [6, 6.07) is -2.13. The van der Waals surface area contributed by atoms with E-state index in [2.05, 4.69) is 10.6 Å². The largest absolute Gasteiger partial charge is 0.480 e. The van der Waals surface area contributed by atoms with Gasteiger partial charge in [0.2, 0.25) is 11.8 Å². The summed E-state index contributed by atoms with van der Waals surface area (Å²) in [5, 5.41) is 30.6. The SMILES string of the molecule is N[C@@H](CCC(=O)N[C@@H](CSSCCCO)C(=O)NCC(=O)O)C(=O)O. The molecular formula is C13H23N3O7S2. The molecule has 0 bridgehead atoms. The van der Waals surface area contributed by atoms with Crippen molar-refractivity contribution in [3.05, 3.63) is 0 Å². The van der Waals surface area contributed by atoms with Crippen molar-refractivity contribution in [2.75, 3.05) is 24.7 Å². The van der Waals surface area contributed by atoms with Gasteiger partial charge in [-0.2, -0.15) is 0 Å². The number of rotatable bonds is 14. The van der Waals surface area contributed by atoms with Gasteiger partial charge < -0.3 is 31.7 Å². The lowest BCUT2D eigenvalue weighted by molar-refractivity contribution is -0.139. The van der Waals surface area contributed by atoms with Gasteiger partial charge in [-0.1, -0.05) is 21.6 Å². The first-order chi connectivity index (χ1) is 11.8. The van der Waals surface area contributed by atoms with Crippen LogP contribution >= 0.6 is 21.6 Å². The molecule has 0 fully saturated rings. The number of amides is 2. The molecule has 0 aliphatic carbocycles. The summed E-state index contributed by atoms with van der Waals surface area (Å²) < 4.78 is 0. The summed E-state index contributed by atoms with van der Waals surface area (Å²) in [6.07, 6.45) is 0.342. The maximum atomic E-state index is 12.0. The molecule has 0 saturated heterocycles. The minimum absolute atomic E-state index is 0.0522. The van der Waals surface area contributed by atoms with E-state index in [4.69, 9.17) is 21.1 Å². The average molecular weight is 397 g/mol. The zero-order valence-corrected chi connectivity index (χ0v) is 15.1. The Bertz CT molecular complexity index is 465. The molecule has 10 nitrogen and oxygen atoms in total. The molecule has 0 spiro atoms. The fraction of sp³-hybridized carbons (Fsp3) is 0.692. The zero-order valence-electron chi connectivity index (χ0n) is 13.5. The van der Waals surface area contributed by atoms with Crippen LogP contribution in [0.2, 0.25) is 0 Å². The minimum atomic E-state index is -1.22. The highest BCUT2D eigenvalue weighted by Gasteiger charge is 2.22. The smallest absolute Gasteiger partial charge is 0.322 e. The van der Waals surface area contributed by atoms with Crippen LogP contribution in [0.1, 0.15) is 19.3 Å². The molecule has 0 rings (SSSR count). The van der Waals surface area contributed by atoms with E-state index in [1.165, 1.54) is 21.6 Å². The maximum absolute atomic E-state index is 12.0. The van der Waals surface area contributed by atoms with Crippen LogP contribution in [0.5, 0.6) is 0 Å². The topological polar surface area (TPSA) is 179 Å². The number of carboxylic acid groups (broad SMARTS) is 2. The zero-order chi connectivity index (χ0) is 19.2. The Kier molecular flexibility index (Phi) is 12.9. The van der Waals surface area contributed by atoms with Crippen LogP contribution in [-0.2, 0) is 19.2 Å². The molecule has 0 aliphatic heterocycles. The molecule has 2 amide bonds. The summed E-state index contributed by atoms with van der Waals surface area (Å²) >= 11 is 0. The van der Waals surface area contributed by atoms with Gasteiger partial charge in [-0.25, -0.2) is 0 Å². The third-order valence-electron chi connectivity index (χ3n) is 2.77. The van der Waals surface area contributed by atoms with Crippen LogP contribution in [0.3, 0.4) is 0 Å². The fourth-order valence-corrected chi connectivity index (χ4v) is 3.68. The highest BCUT2D eigenvalue weighted by atomic mass is 33.1. The molecule has 0 unspecified atom stereocenters. The fourth-order valence-electron chi connectivity index (χ4n) is 1.44. The molecule has 0 aromatic heterocycles. The molecule has 0 aromatic carbocycles. The number of nitrogens with one attached hydrogen (secondary N) is 2. The van der Waals surface area contributed by atoms with Crippen LogP contribution in [0.4, 0.5) is 0 Å². The Labute approximate surface area is 152 Å². The first kappa shape index (κ1) is 23.5. The third-order valence-corrected chi connectivity index (χ3v) is 5.27. The predicted molar refractivity (Wildman–Crippen MR) is 94.0 cm³/mol. The van der Waals surface area contributed by atoms with Gasteiger partial charge in [0.05, 0.1) is 0 Å². The van der Waals surface area contributed by atoms with Gasteiger partial charge in [0.25, 0.3) is 0 Å². The number of carbonyl (C=O) groups is 4. The van der Waals surface area contributed by atoms with Crippen LogP contribution in [0.15, 0.2) is 0 Å². The van der Waals surface area contributed by atoms with Gasteiger partial charge in [0.1, 0.15) is 18.6 Å². The second-order valence-electron chi connectivity index (χ2n) is 4.90. The van der Waals surface area contributed by atoms with Crippen LogP contribution < -0.4 is 16.4 Å². The Morgan fingerprint density at radius 2 is 1.80 bits per heavy atom. The van der Waals surface area contributed by atoms with E-state index in [1.54, 1.807) is 0 Å². The Morgan fingerprint density at radius 1 is 1.12 bits per heavy atom. The predicted octanol–water partition coefficient (Wildman–Crippen LogP) is -1.37. The van der Waals surface area contributed by atoms with E-state index in [0.29, 0.717) is 12.2 Å². The van der Waals surface area contributed by atoms with Gasteiger partial charge in [-0.3, -0.25) is 19.2 Å². The van der Waals surface area contributed by atoms with Crippen molar-refractivity contribution in [2.24, 2.45) is 5.73 Å². The number of nitrogens with two attached hydrogens (primary N) is 1. The van der Waals surface area contributed by atoms with E-state index >= 15 is 0 Å². The van der Waals surface area contributed by atoms with Gasteiger partial charge in [0.15, 0.2) is 0 Å². The molecule has 25 heavy (non-hydrogen) atoms. The first-order valence-electron chi connectivity index (χ1n) is 7.40. The second-order valence-corrected chi connectivity index (χ2v) is 7.53. The van der Waals surface area contributed by atoms with Crippen molar-refractivity contribution < 1.29 is 34.5 Å². The van der Waals surface area contributed by atoms with Crippen molar-refractivity contribution in [1.29, 1.82) is 0 Å². The highest BCUT2D eigenvalue weighted by Crippen LogP contribution is 2.22. The minimum Gasteiger partial charge on any atom is -0.480 e. The van der Waals surface area contributed by atoms with E-state index in [1.807, 2.05) is 0 Å². The van der Waals surface area contributed by atoms with Crippen molar-refractivity contribution in [3.63, 3.8) is 0 Å². The van der Waals surface area contributed by atoms with E-state index in [0.717, 1.165) is 0 Å². The van der Waals surface area contributed by atoms with E-state index < -0.39 is 42.4 Å². The molecular weight excluding hydrogens is 374 g/mol. The molecule has 12 heteroatoms. The molecule has 0 aliphatic rings. The lowest BCUT2D eigenvalue weighted by atomic mass is 10.1. The van der Waals surface area contributed by atoms with Gasteiger partial charge in [0, 0.05) is 24.5 Å². The second kappa shape index (κ2) is 13.8. The number of hydrogen-bond donors (Lipinski definition) is 6. The molecule has 2 atom stereocenters. The molecule has 0 saturated carbocycles. The summed E-state index contributed by atoms with van der Waals surface area (Å²) in [5.74, 6) is -2.78. The highest BCUT2D eigenvalue weighted by molar-refractivity contribution is 8.76. The summed E-state index contributed by atoms with van der Waals surface area (Å²) in [4.78, 5) is 45.0. The van der Waals surface area contributed by atoms with Gasteiger partial charge >= 0.3 is 11.9 Å². The Morgan fingerprint density at radius 3 is 2.36 bits per heavy atom. The molecule has 0 aromatic rings. The summed E-state index contributed by atoms with van der Waals surface area (Å²) in [5.41, 5.74) is 5.31. The van der Waals surface area contributed by atoms with Gasteiger partial charge in [-0.15, -0.1) is 0 Å². The molecule has 0 heterocycles. The average Bonchev–Trinajstić information content (AvgIpc) is 2.55. The number of aliphatic carboxylic acids is 2. The van der Waals surface area contributed by atoms with Crippen LogP contribution in [-0.4, -0.2) is 75.8 Å². The standard InChI is InChI=1S/C13H23N3O7S2/c14-8(13(22)23)2-3-10(18)16-9(7-25-24-5-1-4-17)12(21)15-6-11(19)20/h8-9,17H,1-7,14H2,(H,15,21)(H,16,18)(H,19,20)(H,22,23)/t8-,9-/m0/s1. The van der Waals surface area contributed by atoms with Crippen molar-refractivity contribution in [2.45, 2.75) is 31.3 Å². The number of carboxylic acids is 2. The normalized spacial score (nSPS) is 12.9.